The maximum absolute atomic E-state index is 12.5. The molecule has 1 heterocycles. The number of sulfonamides is 1. The lowest BCUT2D eigenvalue weighted by Gasteiger charge is -2.34. The van der Waals surface area contributed by atoms with Gasteiger partial charge in [0.2, 0.25) is 0 Å². The lowest BCUT2D eigenvalue weighted by atomic mass is 9.90. The number of nitrogens with one attached hydrogen (secondary N) is 1. The topological polar surface area (TPSA) is 81.7 Å². The standard InChI is InChI=1S/C35H47NO5S/c1-25(2)11-8-12-26(3)13-9-14-27(4)15-10-21-35(7)22-20-30-24-31(23-29(6)33(30)41-35)40-34(37)36-42(38,39)32-18-16-28(5)17-19-32/h10,13,15-19,21,23-25H,8-9,11-12,14,20,22H2,1-7H3,(H,36,37)/b21-10?,26-13+,27-15?/t35-/m0/s1. The Hall–Kier alpha value is -3.32. The van der Waals surface area contributed by atoms with Crippen molar-refractivity contribution in [1.82, 2.24) is 4.72 Å². The predicted molar refractivity (Wildman–Crippen MR) is 171 cm³/mol. The first kappa shape index (κ1) is 33.2. The summed E-state index contributed by atoms with van der Waals surface area (Å²) in [7, 11) is -4.03. The molecule has 42 heavy (non-hydrogen) atoms. The zero-order valence-electron chi connectivity index (χ0n) is 26.3. The first-order chi connectivity index (χ1) is 19.8. The van der Waals surface area contributed by atoms with Gasteiger partial charge in [-0.05, 0) is 121 Å². The molecule has 0 saturated carbocycles. The van der Waals surface area contributed by atoms with E-state index in [1.165, 1.54) is 42.5 Å². The van der Waals surface area contributed by atoms with Gasteiger partial charge in [-0.1, -0.05) is 67.3 Å². The number of rotatable bonds is 12. The Morgan fingerprint density at radius 2 is 1.81 bits per heavy atom. The van der Waals surface area contributed by atoms with Gasteiger partial charge in [0.05, 0.1) is 4.90 Å². The lowest BCUT2D eigenvalue weighted by molar-refractivity contribution is 0.113. The van der Waals surface area contributed by atoms with Crippen LogP contribution in [0.2, 0.25) is 0 Å². The highest BCUT2D eigenvalue weighted by Gasteiger charge is 2.30. The molecule has 1 atom stereocenters. The normalized spacial score (nSPS) is 17.7. The number of hydrogen-bond acceptors (Lipinski definition) is 5. The van der Waals surface area contributed by atoms with Gasteiger partial charge in [-0.25, -0.2) is 17.9 Å². The van der Waals surface area contributed by atoms with Gasteiger partial charge < -0.3 is 9.47 Å². The number of fused-ring (bicyclic) bond motifs is 1. The molecule has 0 radical (unpaired) electrons. The fraction of sp³-hybridized carbons (Fsp3) is 0.457. The minimum atomic E-state index is -4.03. The van der Waals surface area contributed by atoms with Crippen LogP contribution in [0.15, 0.2) is 76.7 Å². The van der Waals surface area contributed by atoms with Crippen LogP contribution in [0.1, 0.15) is 89.8 Å². The molecule has 0 fully saturated rings. The zero-order chi connectivity index (χ0) is 30.9. The molecule has 0 spiro atoms. The summed E-state index contributed by atoms with van der Waals surface area (Å²) < 4.78 is 38.8. The van der Waals surface area contributed by atoms with Gasteiger partial charge in [0.1, 0.15) is 17.1 Å². The SMILES string of the molecule is CC(=CC=C[C@@]1(C)CCc2cc(OC(=O)NS(=O)(=O)c3ccc(C)cc3)cc(C)c2O1)CC/C=C(\C)CCCC(C)C. The van der Waals surface area contributed by atoms with Crippen LogP contribution < -0.4 is 14.2 Å². The quantitative estimate of drug-likeness (QED) is 0.196. The van der Waals surface area contributed by atoms with E-state index in [1.807, 2.05) is 18.6 Å². The molecule has 2 aromatic rings. The summed E-state index contributed by atoms with van der Waals surface area (Å²) in [6, 6.07) is 9.67. The molecule has 3 rings (SSSR count). The van der Waals surface area contributed by atoms with Crippen LogP contribution in [0.4, 0.5) is 4.79 Å². The number of carbonyl (C=O) groups excluding carboxylic acids is 1. The van der Waals surface area contributed by atoms with Crippen molar-refractivity contribution in [3.63, 3.8) is 0 Å². The third kappa shape index (κ3) is 10.2. The third-order valence-corrected chi connectivity index (χ3v) is 8.85. The number of aryl methyl sites for hydroxylation is 3. The zero-order valence-corrected chi connectivity index (χ0v) is 27.1. The van der Waals surface area contributed by atoms with E-state index in [0.717, 1.165) is 54.0 Å². The van der Waals surface area contributed by atoms with Gasteiger partial charge >= 0.3 is 6.09 Å². The Labute approximate surface area is 253 Å². The smallest absolute Gasteiger partial charge is 0.426 e. The van der Waals surface area contributed by atoms with Crippen molar-refractivity contribution in [2.45, 2.75) is 104 Å². The monoisotopic (exact) mass is 593 g/mol. The average Bonchev–Trinajstić information content (AvgIpc) is 2.89. The molecular formula is C35H47NO5S. The minimum Gasteiger partial charge on any atom is -0.483 e. The Morgan fingerprint density at radius 3 is 2.50 bits per heavy atom. The first-order valence-corrected chi connectivity index (χ1v) is 16.4. The maximum atomic E-state index is 12.5. The molecule has 0 bridgehead atoms. The highest BCUT2D eigenvalue weighted by Crippen LogP contribution is 2.39. The molecule has 1 aliphatic rings. The summed E-state index contributed by atoms with van der Waals surface area (Å²) in [5.74, 6) is 1.81. The predicted octanol–water partition coefficient (Wildman–Crippen LogP) is 8.92. The summed E-state index contributed by atoms with van der Waals surface area (Å²) in [5.41, 5.74) is 5.02. The van der Waals surface area contributed by atoms with Crippen molar-refractivity contribution >= 4 is 16.1 Å². The number of allylic oxidation sites excluding steroid dienone is 5. The van der Waals surface area contributed by atoms with E-state index in [2.05, 4.69) is 58.9 Å². The van der Waals surface area contributed by atoms with E-state index in [1.54, 1.807) is 24.3 Å². The molecule has 0 aliphatic carbocycles. The van der Waals surface area contributed by atoms with Gasteiger partial charge in [-0.3, -0.25) is 0 Å². The molecule has 6 nitrogen and oxygen atoms in total. The van der Waals surface area contributed by atoms with Crippen LogP contribution in [0.25, 0.3) is 0 Å². The Bertz CT molecular complexity index is 1430. The molecule has 0 aromatic heterocycles. The van der Waals surface area contributed by atoms with Crippen molar-refractivity contribution in [2.75, 3.05) is 0 Å². The fourth-order valence-corrected chi connectivity index (χ4v) is 5.81. The molecule has 0 saturated heterocycles. The van der Waals surface area contributed by atoms with Gasteiger partial charge in [-0.15, -0.1) is 0 Å². The summed E-state index contributed by atoms with van der Waals surface area (Å²) in [5, 5.41) is 0. The van der Waals surface area contributed by atoms with Crippen LogP contribution in [-0.2, 0) is 16.4 Å². The van der Waals surface area contributed by atoms with Gasteiger partial charge in [-0.2, -0.15) is 0 Å². The van der Waals surface area contributed by atoms with Crippen LogP contribution >= 0.6 is 0 Å². The third-order valence-electron chi connectivity index (χ3n) is 7.52. The molecule has 1 amide bonds. The summed E-state index contributed by atoms with van der Waals surface area (Å²) in [4.78, 5) is 12.4. The summed E-state index contributed by atoms with van der Waals surface area (Å²) in [6.07, 6.45) is 15.0. The lowest BCUT2D eigenvalue weighted by Crippen LogP contribution is -2.35. The molecule has 228 valence electrons. The highest BCUT2D eigenvalue weighted by molar-refractivity contribution is 7.90. The van der Waals surface area contributed by atoms with Crippen molar-refractivity contribution in [1.29, 1.82) is 0 Å². The molecule has 2 aromatic carbocycles. The van der Waals surface area contributed by atoms with Crippen molar-refractivity contribution < 1.29 is 22.7 Å². The molecule has 7 heteroatoms. The van der Waals surface area contributed by atoms with Crippen molar-refractivity contribution in [3.05, 3.63) is 88.5 Å². The van der Waals surface area contributed by atoms with Crippen LogP contribution in [0.5, 0.6) is 11.5 Å². The van der Waals surface area contributed by atoms with E-state index in [0.29, 0.717) is 0 Å². The Balaban J connectivity index is 1.56. The molecular weight excluding hydrogens is 546 g/mol. The number of amides is 1. The second kappa shape index (κ2) is 14.7. The van der Waals surface area contributed by atoms with Crippen LogP contribution in [-0.4, -0.2) is 20.1 Å². The van der Waals surface area contributed by atoms with E-state index in [4.69, 9.17) is 9.47 Å². The van der Waals surface area contributed by atoms with Gasteiger partial charge in [0.25, 0.3) is 10.0 Å². The highest BCUT2D eigenvalue weighted by atomic mass is 32.2. The Kier molecular flexibility index (Phi) is 11.6. The maximum Gasteiger partial charge on any atom is 0.426 e. The first-order valence-electron chi connectivity index (χ1n) is 14.9. The summed E-state index contributed by atoms with van der Waals surface area (Å²) in [6.45, 7) is 14.8. The molecule has 1 aliphatic heterocycles. The second-order valence-corrected chi connectivity index (χ2v) is 13.9. The number of carbonyl (C=O) groups is 1. The number of hydrogen-bond donors (Lipinski definition) is 1. The van der Waals surface area contributed by atoms with E-state index >= 15 is 0 Å². The van der Waals surface area contributed by atoms with Gasteiger partial charge in [0.15, 0.2) is 0 Å². The van der Waals surface area contributed by atoms with E-state index < -0.39 is 21.7 Å². The van der Waals surface area contributed by atoms with Crippen molar-refractivity contribution in [3.8, 4) is 11.5 Å². The Morgan fingerprint density at radius 1 is 1.10 bits per heavy atom. The van der Waals surface area contributed by atoms with Gasteiger partial charge in [0, 0.05) is 0 Å². The van der Waals surface area contributed by atoms with E-state index in [9.17, 15) is 13.2 Å². The molecule has 1 N–H and O–H groups in total. The average molecular weight is 594 g/mol. The van der Waals surface area contributed by atoms with Crippen LogP contribution in [0.3, 0.4) is 0 Å². The van der Waals surface area contributed by atoms with Crippen molar-refractivity contribution in [2.24, 2.45) is 5.92 Å². The summed E-state index contributed by atoms with van der Waals surface area (Å²) >= 11 is 0. The number of ether oxygens (including phenoxy) is 2. The molecule has 0 unspecified atom stereocenters. The van der Waals surface area contributed by atoms with E-state index in [-0.39, 0.29) is 10.6 Å². The minimum absolute atomic E-state index is 0.00287. The largest absolute Gasteiger partial charge is 0.483 e. The number of benzene rings is 2. The second-order valence-electron chi connectivity index (χ2n) is 12.2. The van der Waals surface area contributed by atoms with Crippen LogP contribution in [0, 0.1) is 19.8 Å². The fourth-order valence-electron chi connectivity index (χ4n) is 4.94.